The average Bonchev–Trinajstić information content (AvgIpc) is 2.87. The topological polar surface area (TPSA) is 72.9 Å². The van der Waals surface area contributed by atoms with Crippen LogP contribution in [0, 0.1) is 5.92 Å². The van der Waals surface area contributed by atoms with Gasteiger partial charge in [-0.1, -0.05) is 32.0 Å². The monoisotopic (exact) mass is 294 g/mol. The Hall–Kier alpha value is -1.85. The number of rotatable bonds is 4. The number of aromatic nitrogens is 2. The van der Waals surface area contributed by atoms with Crippen molar-refractivity contribution in [2.45, 2.75) is 19.9 Å². The zero-order valence-electron chi connectivity index (χ0n) is 11.5. The quantitative estimate of drug-likeness (QED) is 0.908. The Kier molecular flexibility index (Phi) is 5.73. The van der Waals surface area contributed by atoms with E-state index in [1.54, 1.807) is 16.9 Å². The molecule has 0 bridgehead atoms. The summed E-state index contributed by atoms with van der Waals surface area (Å²) in [6.45, 7) is 3.82. The molecule has 1 amide bonds. The van der Waals surface area contributed by atoms with Gasteiger partial charge in [0.1, 0.15) is 0 Å². The van der Waals surface area contributed by atoms with E-state index in [-0.39, 0.29) is 24.2 Å². The fourth-order valence-corrected chi connectivity index (χ4v) is 1.63. The van der Waals surface area contributed by atoms with Gasteiger partial charge in [-0.25, -0.2) is 4.68 Å². The highest BCUT2D eigenvalue weighted by atomic mass is 35.5. The Labute approximate surface area is 124 Å². The van der Waals surface area contributed by atoms with Gasteiger partial charge in [0.05, 0.1) is 11.7 Å². The number of nitrogens with two attached hydrogens (primary N) is 1. The molecule has 1 heterocycles. The lowest BCUT2D eigenvalue weighted by Gasteiger charge is -2.13. The lowest BCUT2D eigenvalue weighted by atomic mass is 10.1. The molecule has 0 aliphatic carbocycles. The lowest BCUT2D eigenvalue weighted by molar-refractivity contribution is -0.118. The minimum absolute atomic E-state index is 0. The van der Waals surface area contributed by atoms with Gasteiger partial charge in [-0.3, -0.25) is 4.79 Å². The Morgan fingerprint density at radius 2 is 1.90 bits per heavy atom. The van der Waals surface area contributed by atoms with Crippen LogP contribution in [0.2, 0.25) is 0 Å². The number of anilines is 1. The van der Waals surface area contributed by atoms with E-state index in [0.29, 0.717) is 5.82 Å². The van der Waals surface area contributed by atoms with Crippen LogP contribution in [0.3, 0.4) is 0 Å². The lowest BCUT2D eigenvalue weighted by Crippen LogP contribution is -2.39. The molecule has 0 aliphatic heterocycles. The van der Waals surface area contributed by atoms with Crippen molar-refractivity contribution in [3.05, 3.63) is 42.6 Å². The van der Waals surface area contributed by atoms with Gasteiger partial charge < -0.3 is 11.1 Å². The number of para-hydroxylation sites is 1. The molecule has 20 heavy (non-hydrogen) atoms. The van der Waals surface area contributed by atoms with Crippen molar-refractivity contribution >= 4 is 24.1 Å². The second-order valence-electron chi connectivity index (χ2n) is 4.74. The molecule has 108 valence electrons. The molecule has 2 rings (SSSR count). The van der Waals surface area contributed by atoms with Gasteiger partial charge in [-0.2, -0.15) is 5.10 Å². The molecule has 0 radical (unpaired) electrons. The molecular formula is C14H19ClN4O. The van der Waals surface area contributed by atoms with Crippen molar-refractivity contribution in [3.63, 3.8) is 0 Å². The third-order valence-corrected chi connectivity index (χ3v) is 2.88. The molecule has 0 unspecified atom stereocenters. The van der Waals surface area contributed by atoms with Crippen LogP contribution in [0.25, 0.3) is 5.69 Å². The molecule has 1 aromatic carbocycles. The first kappa shape index (κ1) is 16.2. The van der Waals surface area contributed by atoms with E-state index in [2.05, 4.69) is 10.4 Å². The summed E-state index contributed by atoms with van der Waals surface area (Å²) in [7, 11) is 0. The first-order valence-corrected chi connectivity index (χ1v) is 6.25. The maximum absolute atomic E-state index is 11.8. The van der Waals surface area contributed by atoms with E-state index in [4.69, 9.17) is 5.73 Å². The zero-order chi connectivity index (χ0) is 13.8. The van der Waals surface area contributed by atoms with Gasteiger partial charge in [-0.15, -0.1) is 12.4 Å². The fraction of sp³-hybridized carbons (Fsp3) is 0.286. The molecule has 0 saturated heterocycles. The molecule has 3 N–H and O–H groups in total. The van der Waals surface area contributed by atoms with Crippen LogP contribution in [0.15, 0.2) is 42.6 Å². The number of hydrogen-bond donors (Lipinski definition) is 2. The summed E-state index contributed by atoms with van der Waals surface area (Å²) < 4.78 is 1.70. The fourth-order valence-electron chi connectivity index (χ4n) is 1.63. The largest absolute Gasteiger partial charge is 0.320 e. The summed E-state index contributed by atoms with van der Waals surface area (Å²) in [4.78, 5) is 11.8. The standard InChI is InChI=1S/C14H18N4O.ClH/c1-10(2)13(15)14(19)16-12-8-9-18(17-12)11-6-4-3-5-7-11;/h3-10,13H,15H2,1-2H3,(H,16,17,19);1H/t13-;/m0./s1. The van der Waals surface area contributed by atoms with Crippen molar-refractivity contribution in [2.75, 3.05) is 5.32 Å². The van der Waals surface area contributed by atoms with Gasteiger partial charge in [0.15, 0.2) is 5.82 Å². The van der Waals surface area contributed by atoms with Crippen LogP contribution in [0.4, 0.5) is 5.82 Å². The Balaban J connectivity index is 0.00000200. The maximum Gasteiger partial charge on any atom is 0.242 e. The summed E-state index contributed by atoms with van der Waals surface area (Å²) >= 11 is 0. The van der Waals surface area contributed by atoms with Gasteiger partial charge in [0.2, 0.25) is 5.91 Å². The molecule has 6 heteroatoms. The number of nitrogens with zero attached hydrogens (tertiary/aromatic N) is 2. The summed E-state index contributed by atoms with van der Waals surface area (Å²) in [5, 5.41) is 7.01. The second-order valence-corrected chi connectivity index (χ2v) is 4.74. The predicted molar refractivity (Wildman–Crippen MR) is 82.3 cm³/mol. The number of carbonyl (C=O) groups excluding carboxylic acids is 1. The molecule has 1 atom stereocenters. The molecule has 0 aliphatic rings. The zero-order valence-corrected chi connectivity index (χ0v) is 12.3. The number of amides is 1. The maximum atomic E-state index is 11.8. The van der Waals surface area contributed by atoms with Crippen molar-refractivity contribution < 1.29 is 4.79 Å². The van der Waals surface area contributed by atoms with Crippen molar-refractivity contribution in [1.29, 1.82) is 0 Å². The van der Waals surface area contributed by atoms with E-state index in [9.17, 15) is 4.79 Å². The van der Waals surface area contributed by atoms with E-state index in [1.807, 2.05) is 44.2 Å². The molecule has 0 fully saturated rings. The Morgan fingerprint density at radius 1 is 1.25 bits per heavy atom. The van der Waals surface area contributed by atoms with E-state index < -0.39 is 6.04 Å². The van der Waals surface area contributed by atoms with Gasteiger partial charge in [-0.05, 0) is 18.1 Å². The summed E-state index contributed by atoms with van der Waals surface area (Å²) in [6, 6.07) is 10.9. The van der Waals surface area contributed by atoms with Gasteiger partial charge >= 0.3 is 0 Å². The smallest absolute Gasteiger partial charge is 0.242 e. The minimum atomic E-state index is -0.526. The van der Waals surface area contributed by atoms with Gasteiger partial charge in [0.25, 0.3) is 0 Å². The predicted octanol–water partition coefficient (Wildman–Crippen LogP) is 2.22. The first-order valence-electron chi connectivity index (χ1n) is 6.25. The minimum Gasteiger partial charge on any atom is -0.320 e. The number of halogens is 1. The molecule has 5 nitrogen and oxygen atoms in total. The molecular weight excluding hydrogens is 276 g/mol. The Morgan fingerprint density at radius 3 is 2.50 bits per heavy atom. The van der Waals surface area contributed by atoms with Crippen LogP contribution < -0.4 is 11.1 Å². The van der Waals surface area contributed by atoms with Crippen molar-refractivity contribution in [2.24, 2.45) is 11.7 Å². The highest BCUT2D eigenvalue weighted by Crippen LogP contribution is 2.10. The summed E-state index contributed by atoms with van der Waals surface area (Å²) in [6.07, 6.45) is 1.80. The highest BCUT2D eigenvalue weighted by Gasteiger charge is 2.17. The van der Waals surface area contributed by atoms with Crippen molar-refractivity contribution in [3.8, 4) is 5.69 Å². The molecule has 1 aromatic heterocycles. The highest BCUT2D eigenvalue weighted by molar-refractivity contribution is 5.94. The number of nitrogens with one attached hydrogen (secondary N) is 1. The molecule has 0 spiro atoms. The average molecular weight is 295 g/mol. The van der Waals surface area contributed by atoms with Gasteiger partial charge in [0, 0.05) is 12.3 Å². The van der Waals surface area contributed by atoms with Crippen LogP contribution in [0.1, 0.15) is 13.8 Å². The van der Waals surface area contributed by atoms with Crippen LogP contribution in [-0.2, 0) is 4.79 Å². The van der Waals surface area contributed by atoms with Crippen LogP contribution in [-0.4, -0.2) is 21.7 Å². The normalized spacial score (nSPS) is 11.8. The summed E-state index contributed by atoms with van der Waals surface area (Å²) in [5.74, 6) is 0.384. The van der Waals surface area contributed by atoms with Crippen molar-refractivity contribution in [1.82, 2.24) is 9.78 Å². The van der Waals surface area contributed by atoms with E-state index >= 15 is 0 Å². The van der Waals surface area contributed by atoms with E-state index in [1.165, 1.54) is 0 Å². The SMILES string of the molecule is CC(C)[C@H](N)C(=O)Nc1ccn(-c2ccccc2)n1.Cl. The third kappa shape index (κ3) is 3.82. The van der Waals surface area contributed by atoms with Crippen LogP contribution >= 0.6 is 12.4 Å². The number of benzene rings is 1. The Bertz CT molecular complexity index is 553. The molecule has 0 saturated carbocycles. The molecule has 2 aromatic rings. The first-order chi connectivity index (χ1) is 9.08. The second kappa shape index (κ2) is 7.07. The van der Waals surface area contributed by atoms with Crippen LogP contribution in [0.5, 0.6) is 0 Å². The third-order valence-electron chi connectivity index (χ3n) is 2.88. The number of carbonyl (C=O) groups is 1. The van der Waals surface area contributed by atoms with E-state index in [0.717, 1.165) is 5.69 Å². The number of hydrogen-bond acceptors (Lipinski definition) is 3. The summed E-state index contributed by atoms with van der Waals surface area (Å²) in [5.41, 5.74) is 6.72.